The maximum atomic E-state index is 13.0. The Morgan fingerprint density at radius 3 is 2.19 bits per heavy atom. The van der Waals surface area contributed by atoms with Crippen LogP contribution in [0.25, 0.3) is 0 Å². The first-order valence-electron chi connectivity index (χ1n) is 8.44. The lowest BCUT2D eigenvalue weighted by Crippen LogP contribution is -2.46. The highest BCUT2D eigenvalue weighted by Gasteiger charge is 2.45. The Morgan fingerprint density at radius 1 is 1.12 bits per heavy atom. The lowest BCUT2D eigenvalue weighted by molar-refractivity contribution is -0.0995. The highest BCUT2D eigenvalue weighted by atomic mass is 32.2. The fraction of sp³-hybridized carbons (Fsp3) is 0.647. The summed E-state index contributed by atoms with van der Waals surface area (Å²) in [6.07, 6.45) is -0.577. The first-order chi connectivity index (χ1) is 12.1. The van der Waals surface area contributed by atoms with Gasteiger partial charge in [0.05, 0.1) is 21.7 Å². The molecule has 1 aromatic carbocycles. The molecule has 0 unspecified atom stereocenters. The van der Waals surface area contributed by atoms with Crippen LogP contribution in [0.2, 0.25) is 0 Å². The molecule has 148 valence electrons. The van der Waals surface area contributed by atoms with Crippen molar-refractivity contribution < 1.29 is 26.3 Å². The van der Waals surface area contributed by atoms with Crippen LogP contribution in [-0.2, 0) is 29.1 Å². The number of rotatable bonds is 8. The normalized spacial score (nSPS) is 23.0. The number of hydrogen-bond donors (Lipinski definition) is 1. The Hall–Kier alpha value is -1.00. The number of ether oxygens (including phenoxy) is 2. The summed E-state index contributed by atoms with van der Waals surface area (Å²) < 4.78 is 60.4. The maximum absolute atomic E-state index is 13.0. The van der Waals surface area contributed by atoms with Crippen molar-refractivity contribution in [3.05, 3.63) is 29.8 Å². The molecule has 0 aliphatic carbocycles. The molecular weight excluding hydrogens is 378 g/mol. The van der Waals surface area contributed by atoms with Crippen molar-refractivity contribution in [2.45, 2.75) is 42.2 Å². The van der Waals surface area contributed by atoms with Gasteiger partial charge in [-0.15, -0.1) is 0 Å². The van der Waals surface area contributed by atoms with Crippen LogP contribution in [-0.4, -0.2) is 66.7 Å². The van der Waals surface area contributed by atoms with Gasteiger partial charge in [-0.25, -0.2) is 16.8 Å². The van der Waals surface area contributed by atoms with Crippen molar-refractivity contribution in [2.75, 3.05) is 32.3 Å². The molecule has 1 aliphatic heterocycles. The summed E-state index contributed by atoms with van der Waals surface area (Å²) in [5.41, 5.74) is 1.03. The van der Waals surface area contributed by atoms with Crippen LogP contribution in [0.1, 0.15) is 25.3 Å². The summed E-state index contributed by atoms with van der Waals surface area (Å²) >= 11 is 0. The molecule has 0 bridgehead atoms. The molecule has 2 rings (SSSR count). The van der Waals surface area contributed by atoms with Crippen molar-refractivity contribution >= 4 is 19.7 Å². The fourth-order valence-electron chi connectivity index (χ4n) is 3.04. The zero-order chi connectivity index (χ0) is 19.5. The van der Waals surface area contributed by atoms with E-state index in [2.05, 4.69) is 5.32 Å². The molecule has 0 spiro atoms. The molecule has 2 atom stereocenters. The molecule has 26 heavy (non-hydrogen) atoms. The van der Waals surface area contributed by atoms with E-state index >= 15 is 0 Å². The predicted octanol–water partition coefficient (Wildman–Crippen LogP) is 0.958. The lowest BCUT2D eigenvalue weighted by Gasteiger charge is -2.22. The van der Waals surface area contributed by atoms with Crippen LogP contribution in [0.3, 0.4) is 0 Å². The quantitative estimate of drug-likeness (QED) is 0.643. The number of hydrogen-bond acceptors (Lipinski definition) is 7. The standard InChI is InChI=1S/C17H27NO6S2/c1-12(2)13-5-7-14(8-6-13)26(21,22)16-11-25(19,20)10-15(16)18-9-17(23-3)24-4/h5-8,12,15-18H,9-11H2,1-4H3/t15-,16-/m0/s1. The minimum Gasteiger partial charge on any atom is -0.355 e. The Bertz CT molecular complexity index is 798. The third-order valence-corrected chi connectivity index (χ3v) is 8.81. The van der Waals surface area contributed by atoms with E-state index in [0.717, 1.165) is 5.56 Å². The number of nitrogens with one attached hydrogen (secondary N) is 1. The molecule has 0 radical (unpaired) electrons. The summed E-state index contributed by atoms with van der Waals surface area (Å²) in [7, 11) is -4.30. The third kappa shape index (κ3) is 4.83. The molecule has 1 fully saturated rings. The van der Waals surface area contributed by atoms with Crippen molar-refractivity contribution in [1.82, 2.24) is 5.32 Å². The van der Waals surface area contributed by atoms with Gasteiger partial charge in [-0.1, -0.05) is 26.0 Å². The summed E-state index contributed by atoms with van der Waals surface area (Å²) in [6, 6.07) is 5.95. The largest absolute Gasteiger partial charge is 0.355 e. The van der Waals surface area contributed by atoms with E-state index in [0.29, 0.717) is 0 Å². The first kappa shape index (κ1) is 21.3. The molecule has 0 aromatic heterocycles. The average Bonchev–Trinajstić information content (AvgIpc) is 2.91. The number of methoxy groups -OCH3 is 2. The Balaban J connectivity index is 2.26. The van der Waals surface area contributed by atoms with Gasteiger partial charge >= 0.3 is 0 Å². The molecule has 0 saturated carbocycles. The monoisotopic (exact) mass is 405 g/mol. The second-order valence-corrected chi connectivity index (χ2v) is 11.1. The van der Waals surface area contributed by atoms with E-state index in [1.807, 2.05) is 13.8 Å². The van der Waals surface area contributed by atoms with E-state index in [-0.39, 0.29) is 28.9 Å². The van der Waals surface area contributed by atoms with Gasteiger partial charge in [-0.3, -0.25) is 0 Å². The summed E-state index contributed by atoms with van der Waals surface area (Å²) in [5.74, 6) is -0.321. The zero-order valence-corrected chi connectivity index (χ0v) is 17.1. The van der Waals surface area contributed by atoms with Crippen LogP contribution in [0.4, 0.5) is 0 Å². The molecule has 1 aromatic rings. The van der Waals surface area contributed by atoms with E-state index < -0.39 is 37.3 Å². The van der Waals surface area contributed by atoms with Crippen LogP contribution in [0.15, 0.2) is 29.2 Å². The smallest absolute Gasteiger partial charge is 0.183 e. The van der Waals surface area contributed by atoms with E-state index in [9.17, 15) is 16.8 Å². The number of sulfone groups is 2. The number of benzene rings is 1. The molecular formula is C17H27NO6S2. The van der Waals surface area contributed by atoms with E-state index in [1.54, 1.807) is 24.3 Å². The SMILES string of the molecule is COC(CN[C@H]1CS(=O)(=O)C[C@@H]1S(=O)(=O)c1ccc(C(C)C)cc1)OC. The van der Waals surface area contributed by atoms with Gasteiger partial charge in [-0.2, -0.15) is 0 Å². The van der Waals surface area contributed by atoms with Gasteiger partial charge in [0, 0.05) is 26.8 Å². The second-order valence-electron chi connectivity index (χ2n) is 6.80. The van der Waals surface area contributed by atoms with Gasteiger partial charge in [0.1, 0.15) is 0 Å². The molecule has 9 heteroatoms. The first-order valence-corrected chi connectivity index (χ1v) is 11.8. The molecule has 1 aliphatic rings. The fourth-order valence-corrected chi connectivity index (χ4v) is 7.76. The zero-order valence-electron chi connectivity index (χ0n) is 15.5. The van der Waals surface area contributed by atoms with Crippen LogP contribution in [0.5, 0.6) is 0 Å². The van der Waals surface area contributed by atoms with Gasteiger partial charge < -0.3 is 14.8 Å². The minimum atomic E-state index is -3.79. The second kappa shape index (κ2) is 8.35. The third-order valence-electron chi connectivity index (χ3n) is 4.65. The highest BCUT2D eigenvalue weighted by Crippen LogP contribution is 2.27. The van der Waals surface area contributed by atoms with Crippen molar-refractivity contribution in [3.8, 4) is 0 Å². The van der Waals surface area contributed by atoms with Crippen LogP contribution in [0, 0.1) is 0 Å². The van der Waals surface area contributed by atoms with Gasteiger partial charge in [0.25, 0.3) is 0 Å². The van der Waals surface area contributed by atoms with E-state index in [1.165, 1.54) is 14.2 Å². The van der Waals surface area contributed by atoms with Gasteiger partial charge in [0.15, 0.2) is 26.0 Å². The van der Waals surface area contributed by atoms with E-state index in [4.69, 9.17) is 9.47 Å². The Labute approximate surface area is 155 Å². The topological polar surface area (TPSA) is 98.8 Å². The summed E-state index contributed by atoms with van der Waals surface area (Å²) in [4.78, 5) is 0.144. The van der Waals surface area contributed by atoms with Crippen LogP contribution >= 0.6 is 0 Å². The summed E-state index contributed by atoms with van der Waals surface area (Å²) in [6.45, 7) is 4.25. The molecule has 7 nitrogen and oxygen atoms in total. The Kier molecular flexibility index (Phi) is 6.84. The van der Waals surface area contributed by atoms with Gasteiger partial charge in [0.2, 0.25) is 0 Å². The predicted molar refractivity (Wildman–Crippen MR) is 99.8 cm³/mol. The van der Waals surface area contributed by atoms with Gasteiger partial charge in [-0.05, 0) is 23.6 Å². The molecule has 0 amide bonds. The molecule has 1 heterocycles. The molecule has 1 saturated heterocycles. The Morgan fingerprint density at radius 2 is 1.69 bits per heavy atom. The minimum absolute atomic E-state index is 0.144. The summed E-state index contributed by atoms with van der Waals surface area (Å²) in [5, 5.41) is 1.95. The maximum Gasteiger partial charge on any atom is 0.183 e. The average molecular weight is 406 g/mol. The van der Waals surface area contributed by atoms with Crippen molar-refractivity contribution in [2.24, 2.45) is 0 Å². The molecule has 1 N–H and O–H groups in total. The lowest BCUT2D eigenvalue weighted by atomic mass is 10.0. The van der Waals surface area contributed by atoms with Crippen LogP contribution < -0.4 is 5.32 Å². The highest BCUT2D eigenvalue weighted by molar-refractivity contribution is 7.96. The van der Waals surface area contributed by atoms with Crippen molar-refractivity contribution in [1.29, 1.82) is 0 Å². The van der Waals surface area contributed by atoms with Crippen molar-refractivity contribution in [3.63, 3.8) is 0 Å².